The van der Waals surface area contributed by atoms with Crippen molar-refractivity contribution in [1.29, 1.82) is 0 Å². The smallest absolute Gasteiger partial charge is 0.244 e. The van der Waals surface area contributed by atoms with Gasteiger partial charge in [0.15, 0.2) is 0 Å². The Morgan fingerprint density at radius 2 is 2.05 bits per heavy atom. The molecule has 4 atom stereocenters. The van der Waals surface area contributed by atoms with E-state index in [4.69, 9.17) is 10.5 Å². The van der Waals surface area contributed by atoms with E-state index >= 15 is 0 Å². The number of carbonyl (C=O) groups excluding carboxylic acids is 1. The summed E-state index contributed by atoms with van der Waals surface area (Å²) in [7, 11) is 0. The highest BCUT2D eigenvalue weighted by atomic mass is 79.9. The topological polar surface area (TPSA) is 64.4 Å². The highest BCUT2D eigenvalue weighted by Crippen LogP contribution is 2.34. The minimum absolute atomic E-state index is 0. The molecular weight excluding hydrogens is 356 g/mol. The fraction of sp³-hybridized carbons (Fsp3) is 0.533. The van der Waals surface area contributed by atoms with Gasteiger partial charge in [0, 0.05) is 4.47 Å². The Labute approximate surface area is 139 Å². The van der Waals surface area contributed by atoms with Crippen molar-refractivity contribution in [2.75, 3.05) is 0 Å². The third-order valence-electron chi connectivity index (χ3n) is 4.34. The van der Waals surface area contributed by atoms with Crippen molar-refractivity contribution < 1.29 is 9.53 Å². The van der Waals surface area contributed by atoms with Crippen molar-refractivity contribution in [3.8, 4) is 0 Å². The van der Waals surface area contributed by atoms with Gasteiger partial charge in [-0.25, -0.2) is 0 Å². The molecule has 6 heteroatoms. The summed E-state index contributed by atoms with van der Waals surface area (Å²) in [5.74, 6) is -0.138. The predicted molar refractivity (Wildman–Crippen MR) is 87.4 cm³/mol. The lowest BCUT2D eigenvalue weighted by molar-refractivity contribution is -0.127. The van der Waals surface area contributed by atoms with Gasteiger partial charge in [0.25, 0.3) is 0 Å². The van der Waals surface area contributed by atoms with Gasteiger partial charge in [-0.1, -0.05) is 28.1 Å². The van der Waals surface area contributed by atoms with Crippen LogP contribution in [0.3, 0.4) is 0 Å². The van der Waals surface area contributed by atoms with Crippen LogP contribution in [0.25, 0.3) is 0 Å². The zero-order valence-corrected chi connectivity index (χ0v) is 14.2. The molecule has 0 aromatic heterocycles. The fourth-order valence-electron chi connectivity index (χ4n) is 3.04. The van der Waals surface area contributed by atoms with Crippen LogP contribution in [0.15, 0.2) is 28.7 Å². The second-order valence-electron chi connectivity index (χ2n) is 5.90. The molecule has 1 aromatic rings. The van der Waals surface area contributed by atoms with E-state index < -0.39 is 5.54 Å². The third kappa shape index (κ3) is 3.26. The SMILES string of the molecule is CC(N)(C(=O)NC1CC2CCC1O2)c1ccc(Br)cc1.Cl. The van der Waals surface area contributed by atoms with Crippen LogP contribution in [0.2, 0.25) is 0 Å². The summed E-state index contributed by atoms with van der Waals surface area (Å²) in [5.41, 5.74) is 6.02. The molecule has 0 spiro atoms. The molecule has 1 aromatic carbocycles. The van der Waals surface area contributed by atoms with E-state index in [-0.39, 0.29) is 30.5 Å². The van der Waals surface area contributed by atoms with E-state index in [0.29, 0.717) is 6.10 Å². The standard InChI is InChI=1S/C15H19BrN2O2.ClH/c1-15(17,9-2-4-10(16)5-3-9)14(19)18-12-8-11-6-7-13(12)20-11;/h2-5,11-13H,6-8,17H2,1H3,(H,18,19);1H. The maximum absolute atomic E-state index is 12.5. The van der Waals surface area contributed by atoms with Gasteiger partial charge in [0.1, 0.15) is 5.54 Å². The lowest BCUT2D eigenvalue weighted by Gasteiger charge is -2.28. The summed E-state index contributed by atoms with van der Waals surface area (Å²) in [6, 6.07) is 7.66. The molecule has 2 aliphatic rings. The summed E-state index contributed by atoms with van der Waals surface area (Å²) >= 11 is 3.38. The number of nitrogens with two attached hydrogens (primary N) is 1. The number of carbonyl (C=O) groups is 1. The Bertz CT molecular complexity index is 521. The van der Waals surface area contributed by atoms with Crippen molar-refractivity contribution in [3.05, 3.63) is 34.3 Å². The number of rotatable bonds is 3. The number of amides is 1. The molecule has 1 amide bonds. The molecule has 2 bridgehead atoms. The predicted octanol–water partition coefficient (Wildman–Crippen LogP) is 2.48. The molecule has 2 heterocycles. The first-order valence-corrected chi connectivity index (χ1v) is 7.77. The summed E-state index contributed by atoms with van der Waals surface area (Å²) in [6.07, 6.45) is 3.55. The number of ether oxygens (including phenoxy) is 1. The van der Waals surface area contributed by atoms with Crippen LogP contribution in [0, 0.1) is 0 Å². The number of nitrogens with one attached hydrogen (secondary N) is 1. The van der Waals surface area contributed by atoms with Gasteiger partial charge >= 0.3 is 0 Å². The number of halogens is 2. The molecule has 0 aliphatic carbocycles. The molecule has 2 aliphatic heterocycles. The lowest BCUT2D eigenvalue weighted by Crippen LogP contribution is -2.53. The van der Waals surface area contributed by atoms with Gasteiger partial charge in [-0.2, -0.15) is 0 Å². The summed E-state index contributed by atoms with van der Waals surface area (Å²) in [6.45, 7) is 1.75. The van der Waals surface area contributed by atoms with Crippen molar-refractivity contribution in [1.82, 2.24) is 5.32 Å². The molecule has 4 nitrogen and oxygen atoms in total. The first-order valence-electron chi connectivity index (χ1n) is 6.98. The van der Waals surface area contributed by atoms with Crippen molar-refractivity contribution >= 4 is 34.2 Å². The zero-order chi connectivity index (χ0) is 14.3. The maximum Gasteiger partial charge on any atom is 0.244 e. The van der Waals surface area contributed by atoms with Gasteiger partial charge in [0.05, 0.1) is 18.2 Å². The van der Waals surface area contributed by atoms with E-state index in [1.165, 1.54) is 0 Å². The molecule has 2 fully saturated rings. The van der Waals surface area contributed by atoms with Crippen LogP contribution in [0.1, 0.15) is 31.7 Å². The first kappa shape index (κ1) is 16.7. The van der Waals surface area contributed by atoms with Gasteiger partial charge in [-0.15, -0.1) is 12.4 Å². The van der Waals surface area contributed by atoms with Crippen LogP contribution < -0.4 is 11.1 Å². The van der Waals surface area contributed by atoms with Crippen molar-refractivity contribution in [2.45, 2.75) is 50.0 Å². The van der Waals surface area contributed by atoms with E-state index in [2.05, 4.69) is 21.2 Å². The van der Waals surface area contributed by atoms with Gasteiger partial charge in [-0.05, 0) is 43.9 Å². The van der Waals surface area contributed by atoms with Crippen LogP contribution in [-0.4, -0.2) is 24.2 Å². The van der Waals surface area contributed by atoms with Crippen molar-refractivity contribution in [3.63, 3.8) is 0 Å². The minimum Gasteiger partial charge on any atom is -0.373 e. The second kappa shape index (κ2) is 6.24. The zero-order valence-electron chi connectivity index (χ0n) is 11.8. The Balaban J connectivity index is 0.00000161. The normalized spacial score (nSPS) is 29.6. The average Bonchev–Trinajstić information content (AvgIpc) is 3.01. The first-order chi connectivity index (χ1) is 9.46. The number of fused-ring (bicyclic) bond motifs is 2. The minimum atomic E-state index is -1.03. The van der Waals surface area contributed by atoms with Gasteiger partial charge in [-0.3, -0.25) is 4.79 Å². The van der Waals surface area contributed by atoms with Crippen LogP contribution >= 0.6 is 28.3 Å². The highest BCUT2D eigenvalue weighted by Gasteiger charge is 2.43. The van der Waals surface area contributed by atoms with E-state index in [0.717, 1.165) is 29.3 Å². The van der Waals surface area contributed by atoms with Gasteiger partial charge < -0.3 is 15.8 Å². The average molecular weight is 376 g/mol. The maximum atomic E-state index is 12.5. The lowest BCUT2D eigenvalue weighted by atomic mass is 9.90. The van der Waals surface area contributed by atoms with E-state index in [1.807, 2.05) is 24.3 Å². The largest absolute Gasteiger partial charge is 0.373 e. The fourth-order valence-corrected chi connectivity index (χ4v) is 3.30. The van der Waals surface area contributed by atoms with Crippen LogP contribution in [0.4, 0.5) is 0 Å². The molecule has 116 valence electrons. The molecule has 3 N–H and O–H groups in total. The van der Waals surface area contributed by atoms with E-state index in [1.54, 1.807) is 6.92 Å². The summed E-state index contributed by atoms with van der Waals surface area (Å²) < 4.78 is 6.73. The molecular formula is C15H20BrClN2O2. The summed E-state index contributed by atoms with van der Waals surface area (Å²) in [5, 5.41) is 3.06. The monoisotopic (exact) mass is 374 g/mol. The Morgan fingerprint density at radius 1 is 1.38 bits per heavy atom. The molecule has 2 saturated heterocycles. The Hall–Kier alpha value is -0.620. The van der Waals surface area contributed by atoms with Crippen LogP contribution in [-0.2, 0) is 15.1 Å². The van der Waals surface area contributed by atoms with E-state index in [9.17, 15) is 4.79 Å². The van der Waals surface area contributed by atoms with Crippen LogP contribution in [0.5, 0.6) is 0 Å². The number of benzene rings is 1. The number of hydrogen-bond donors (Lipinski definition) is 2. The van der Waals surface area contributed by atoms with Gasteiger partial charge in [0.2, 0.25) is 5.91 Å². The Kier molecular flexibility index (Phi) is 4.98. The Morgan fingerprint density at radius 3 is 2.57 bits per heavy atom. The molecule has 21 heavy (non-hydrogen) atoms. The molecule has 0 radical (unpaired) electrons. The molecule has 4 unspecified atom stereocenters. The summed E-state index contributed by atoms with van der Waals surface area (Å²) in [4.78, 5) is 12.5. The third-order valence-corrected chi connectivity index (χ3v) is 4.87. The van der Waals surface area contributed by atoms with Crippen molar-refractivity contribution in [2.24, 2.45) is 5.73 Å². The number of hydrogen-bond acceptors (Lipinski definition) is 3. The second-order valence-corrected chi connectivity index (χ2v) is 6.81. The quantitative estimate of drug-likeness (QED) is 0.853. The molecule has 0 saturated carbocycles. The highest BCUT2D eigenvalue weighted by molar-refractivity contribution is 9.10. The molecule has 3 rings (SSSR count).